The minimum absolute atomic E-state index is 0.585. The Morgan fingerprint density at radius 1 is 0.617 bits per heavy atom. The minimum Gasteiger partial charge on any atom is -0.743 e. The van der Waals surface area contributed by atoms with Crippen molar-refractivity contribution in [3.8, 4) is 0 Å². The van der Waals surface area contributed by atoms with Crippen LogP contribution in [0.4, 0.5) is 74.6 Å². The largest absolute Gasteiger partial charge is 0.743 e. The first-order valence-electron chi connectivity index (χ1n) is 12.4. The lowest BCUT2D eigenvalue weighted by Crippen LogP contribution is -2.75. The van der Waals surface area contributed by atoms with Gasteiger partial charge in [0.1, 0.15) is 16.9 Å². The quantitative estimate of drug-likeness (QED) is 0.139. The molecular formula is C25H19F17O3S2. The molecule has 1 aliphatic heterocycles. The normalized spacial score (nSPS) is 16.9. The monoisotopic (exact) mass is 754 g/mol. The molecule has 268 valence electrons. The molecule has 1 fully saturated rings. The number of benzene rings is 2. The summed E-state index contributed by atoms with van der Waals surface area (Å²) in [7, 11) is -7.56. The molecule has 0 unspecified atom stereocenters. The summed E-state index contributed by atoms with van der Waals surface area (Å²) in [5, 5.41) is -2.73. The number of allylic oxidation sites excluding steroid dienone is 1. The second-order valence-corrected chi connectivity index (χ2v) is 13.4. The van der Waals surface area contributed by atoms with Crippen LogP contribution in [-0.4, -0.2) is 71.4 Å². The maximum Gasteiger partial charge on any atom is 0.460 e. The van der Waals surface area contributed by atoms with E-state index in [4.69, 9.17) is 0 Å². The SMILES string of the molecule is C(=C[S+]1CCCC1)Cc1cccc2ccccc12.O=S(=O)([O-])C(F)(F)C(F)(F)C(F)(F)C(F)(F)C(F)(F)C(F)(F)C(F)(F)C(F)(F)F. The predicted octanol–water partition coefficient (Wildman–Crippen LogP) is 8.81. The van der Waals surface area contributed by atoms with Crippen molar-refractivity contribution in [2.75, 3.05) is 11.5 Å². The molecule has 0 saturated carbocycles. The van der Waals surface area contributed by atoms with Gasteiger partial charge in [0.2, 0.25) is 0 Å². The summed E-state index contributed by atoms with van der Waals surface area (Å²) in [6.45, 7) is 0. The van der Waals surface area contributed by atoms with Crippen LogP contribution < -0.4 is 0 Å². The van der Waals surface area contributed by atoms with E-state index in [1.165, 1.54) is 40.7 Å². The van der Waals surface area contributed by atoms with Crippen molar-refractivity contribution in [2.24, 2.45) is 0 Å². The minimum atomic E-state index is -8.92. The highest BCUT2D eigenvalue weighted by Gasteiger charge is 2.95. The topological polar surface area (TPSA) is 57.2 Å². The van der Waals surface area contributed by atoms with Gasteiger partial charge in [-0.3, -0.25) is 0 Å². The summed E-state index contributed by atoms with van der Waals surface area (Å²) >= 11 is 0. The Morgan fingerprint density at radius 3 is 1.51 bits per heavy atom. The van der Waals surface area contributed by atoms with E-state index in [2.05, 4.69) is 53.9 Å². The number of hydrogen-bond donors (Lipinski definition) is 0. The van der Waals surface area contributed by atoms with E-state index in [1.54, 1.807) is 0 Å². The molecule has 0 radical (unpaired) electrons. The fraction of sp³-hybridized carbons (Fsp3) is 0.520. The molecule has 0 aliphatic carbocycles. The molecule has 0 N–H and O–H groups in total. The Labute approximate surface area is 256 Å². The molecular weight excluding hydrogens is 735 g/mol. The zero-order valence-corrected chi connectivity index (χ0v) is 24.3. The molecule has 3 nitrogen and oxygen atoms in total. The molecule has 0 amide bonds. The lowest BCUT2D eigenvalue weighted by Gasteiger charge is -2.42. The maximum atomic E-state index is 13.0. The summed E-state index contributed by atoms with van der Waals surface area (Å²) in [5.41, 5.74) is 1.45. The van der Waals surface area contributed by atoms with Crippen LogP contribution in [0.25, 0.3) is 10.8 Å². The standard InChI is InChI=1S/C17H19S.C8HF17O3S/c1-2-11-17-15(7-1)8-5-9-16(17)10-6-14-18-12-3-4-13-18;9-1(10,3(13,14)5(17,18)7(21,22)23)2(11,12)4(15,16)6(19,20)8(24,25)29(26,27)28/h1-2,5-9,11,14H,3-4,10,12-13H2;(H,26,27,28)/q+1;/p-1. The van der Waals surface area contributed by atoms with Crippen molar-refractivity contribution in [3.05, 3.63) is 59.5 Å². The second kappa shape index (κ2) is 13.1. The molecule has 3 rings (SSSR count). The molecule has 2 aromatic carbocycles. The lowest BCUT2D eigenvalue weighted by atomic mass is 9.91. The third-order valence-electron chi connectivity index (χ3n) is 6.58. The van der Waals surface area contributed by atoms with Gasteiger partial charge in [0.25, 0.3) is 0 Å². The Bertz CT molecular complexity index is 1530. The number of halogens is 17. The fourth-order valence-corrected chi connectivity index (χ4v) is 6.34. The van der Waals surface area contributed by atoms with Gasteiger partial charge >= 0.3 is 47.0 Å². The third-order valence-corrected chi connectivity index (χ3v) is 9.66. The van der Waals surface area contributed by atoms with Crippen molar-refractivity contribution in [1.82, 2.24) is 0 Å². The van der Waals surface area contributed by atoms with E-state index < -0.39 is 57.1 Å². The summed E-state index contributed by atoms with van der Waals surface area (Å²) < 4.78 is 244. The Kier molecular flexibility index (Phi) is 11.3. The zero-order valence-electron chi connectivity index (χ0n) is 22.7. The van der Waals surface area contributed by atoms with Gasteiger partial charge in [-0.25, -0.2) is 8.42 Å². The van der Waals surface area contributed by atoms with Crippen LogP contribution in [-0.2, 0) is 27.4 Å². The highest BCUT2D eigenvalue weighted by Crippen LogP contribution is 2.64. The number of hydrogen-bond acceptors (Lipinski definition) is 3. The van der Waals surface area contributed by atoms with Crippen LogP contribution in [0.5, 0.6) is 0 Å². The molecule has 1 heterocycles. The average Bonchev–Trinajstić information content (AvgIpc) is 3.45. The van der Waals surface area contributed by atoms with Gasteiger partial charge in [0.15, 0.2) is 10.1 Å². The van der Waals surface area contributed by atoms with Crippen molar-refractivity contribution < 1.29 is 87.6 Å². The van der Waals surface area contributed by atoms with Gasteiger partial charge in [0, 0.05) is 10.9 Å². The first-order chi connectivity index (χ1) is 20.9. The molecule has 0 bridgehead atoms. The van der Waals surface area contributed by atoms with Crippen LogP contribution in [0, 0.1) is 0 Å². The molecule has 1 saturated heterocycles. The van der Waals surface area contributed by atoms with E-state index >= 15 is 0 Å². The summed E-state index contributed by atoms with van der Waals surface area (Å²) in [4.78, 5) is 0. The zero-order chi connectivity index (χ0) is 36.7. The van der Waals surface area contributed by atoms with Crippen LogP contribution in [0.2, 0.25) is 0 Å². The average molecular weight is 755 g/mol. The Hall–Kier alpha value is -2.49. The second-order valence-electron chi connectivity index (χ2n) is 9.78. The molecule has 22 heteroatoms. The first-order valence-corrected chi connectivity index (χ1v) is 15.4. The summed E-state index contributed by atoms with van der Waals surface area (Å²) in [6.07, 6.45) is -1.57. The molecule has 2 aromatic rings. The summed E-state index contributed by atoms with van der Waals surface area (Å²) in [6, 6.07) is 15.3. The maximum absolute atomic E-state index is 13.0. The smallest absolute Gasteiger partial charge is 0.460 e. The van der Waals surface area contributed by atoms with Crippen LogP contribution in [0.1, 0.15) is 18.4 Å². The summed E-state index contributed by atoms with van der Waals surface area (Å²) in [5.74, 6) is -49.3. The van der Waals surface area contributed by atoms with Gasteiger partial charge in [-0.1, -0.05) is 42.5 Å². The van der Waals surface area contributed by atoms with Gasteiger partial charge in [-0.05, 0) is 41.7 Å². The first kappa shape index (κ1) is 40.7. The highest BCUT2D eigenvalue weighted by atomic mass is 32.2. The number of rotatable bonds is 10. The van der Waals surface area contributed by atoms with E-state index in [1.807, 2.05) is 0 Å². The van der Waals surface area contributed by atoms with E-state index in [0.29, 0.717) is 10.9 Å². The van der Waals surface area contributed by atoms with E-state index in [9.17, 15) is 87.6 Å². The van der Waals surface area contributed by atoms with Crippen LogP contribution in [0.15, 0.2) is 53.9 Å². The molecule has 0 spiro atoms. The van der Waals surface area contributed by atoms with Gasteiger partial charge in [-0.15, -0.1) is 0 Å². The Balaban J connectivity index is 0.000000359. The van der Waals surface area contributed by atoms with Crippen molar-refractivity contribution >= 4 is 31.8 Å². The van der Waals surface area contributed by atoms with Crippen LogP contribution in [0.3, 0.4) is 0 Å². The predicted molar refractivity (Wildman–Crippen MR) is 134 cm³/mol. The van der Waals surface area contributed by atoms with E-state index in [-0.39, 0.29) is 0 Å². The molecule has 0 atom stereocenters. The fourth-order valence-electron chi connectivity index (χ4n) is 3.90. The van der Waals surface area contributed by atoms with Gasteiger partial charge in [-0.2, -0.15) is 74.6 Å². The van der Waals surface area contributed by atoms with Crippen LogP contribution >= 0.6 is 0 Å². The van der Waals surface area contributed by atoms with Crippen molar-refractivity contribution in [2.45, 2.75) is 66.2 Å². The highest BCUT2D eigenvalue weighted by molar-refractivity contribution is 7.99. The number of alkyl halides is 17. The van der Waals surface area contributed by atoms with Crippen molar-refractivity contribution in [3.63, 3.8) is 0 Å². The van der Waals surface area contributed by atoms with E-state index in [0.717, 1.165) is 6.42 Å². The number of fused-ring (bicyclic) bond motifs is 1. The molecule has 1 aliphatic rings. The molecule has 0 aromatic heterocycles. The molecule has 47 heavy (non-hydrogen) atoms. The van der Waals surface area contributed by atoms with Gasteiger partial charge < -0.3 is 4.55 Å². The lowest BCUT2D eigenvalue weighted by molar-refractivity contribution is -0.458. The van der Waals surface area contributed by atoms with Crippen molar-refractivity contribution in [1.29, 1.82) is 0 Å². The van der Waals surface area contributed by atoms with Gasteiger partial charge in [0.05, 0.1) is 0 Å². The Morgan fingerprint density at radius 2 is 1.04 bits per heavy atom. The third kappa shape index (κ3) is 7.00.